The molecule has 0 spiro atoms. The van der Waals surface area contributed by atoms with Crippen LogP contribution in [0.15, 0.2) is 11.5 Å². The number of carbonyl (C=O) groups is 4. The number of aromatic amines is 1. The van der Waals surface area contributed by atoms with Crippen LogP contribution in [0.4, 0.5) is 5.82 Å². The molecule has 1 saturated heterocycles. The van der Waals surface area contributed by atoms with Gasteiger partial charge >= 0.3 is 23.9 Å². The average Bonchev–Trinajstić information content (AvgIpc) is 3.14. The molecule has 1 fully saturated rings. The number of hydrogen-bond donors (Lipinski definition) is 2. The van der Waals surface area contributed by atoms with Crippen LogP contribution in [0.3, 0.4) is 0 Å². The van der Waals surface area contributed by atoms with Crippen molar-refractivity contribution < 1.29 is 42.9 Å². The second-order valence-electron chi connectivity index (χ2n) is 7.18. The summed E-state index contributed by atoms with van der Waals surface area (Å²) in [5.74, 6) is -2.56. The van der Waals surface area contributed by atoms with Crippen molar-refractivity contribution in [3.63, 3.8) is 0 Å². The van der Waals surface area contributed by atoms with Gasteiger partial charge in [0.25, 0.3) is 0 Å². The molecule has 1 aliphatic rings. The fourth-order valence-electron chi connectivity index (χ4n) is 3.27. The lowest BCUT2D eigenvalue weighted by molar-refractivity contribution is -0.237. The Kier molecular flexibility index (Phi) is 7.88. The molecule has 3 rings (SSSR count). The number of nitrogen functional groups attached to an aromatic ring is 1. The summed E-state index contributed by atoms with van der Waals surface area (Å²) in [4.78, 5) is 62.1. The number of hydrogen-bond acceptors (Lipinski definition) is 14. The van der Waals surface area contributed by atoms with Gasteiger partial charge in [-0.2, -0.15) is 0 Å². The largest absolute Gasteiger partial charge is 0.463 e. The minimum Gasteiger partial charge on any atom is -0.463 e. The predicted octanol–water partition coefficient (Wildman–Crippen LogP) is 0.110. The summed E-state index contributed by atoms with van der Waals surface area (Å²) in [6.07, 6.45) is -3.54. The van der Waals surface area contributed by atoms with Crippen LogP contribution in [0.25, 0.3) is 11.2 Å². The van der Waals surface area contributed by atoms with Crippen LogP contribution in [0.2, 0.25) is 0 Å². The van der Waals surface area contributed by atoms with Crippen LogP contribution < -0.4 is 5.73 Å². The molecule has 0 bridgehead atoms. The molecule has 0 saturated carbocycles. The smallest absolute Gasteiger partial charge is 0.303 e. The second kappa shape index (κ2) is 10.6. The SMILES string of the molecule is CC(=O)OC[C@@H]1O[C@@H](Sc2nc3ncnc(N)c3[nH]2)[C@@H](OC(C)=O)[C@@H](OC(C)=O)[C@H]1OC(C)=O. The van der Waals surface area contributed by atoms with E-state index in [-0.39, 0.29) is 17.6 Å². The molecule has 3 N–H and O–H groups in total. The molecule has 0 aromatic carbocycles. The third kappa shape index (κ3) is 6.11. The van der Waals surface area contributed by atoms with Crippen LogP contribution in [0.5, 0.6) is 0 Å². The van der Waals surface area contributed by atoms with Gasteiger partial charge in [-0.25, -0.2) is 15.0 Å². The lowest BCUT2D eigenvalue weighted by Gasteiger charge is -2.43. The van der Waals surface area contributed by atoms with Gasteiger partial charge in [-0.3, -0.25) is 19.2 Å². The summed E-state index contributed by atoms with van der Waals surface area (Å²) in [7, 11) is 0. The maximum Gasteiger partial charge on any atom is 0.303 e. The molecule has 3 heterocycles. The van der Waals surface area contributed by atoms with E-state index in [4.69, 9.17) is 29.4 Å². The zero-order valence-corrected chi connectivity index (χ0v) is 19.5. The molecule has 34 heavy (non-hydrogen) atoms. The Labute approximate surface area is 197 Å². The van der Waals surface area contributed by atoms with Crippen LogP contribution in [-0.2, 0) is 42.9 Å². The van der Waals surface area contributed by atoms with Gasteiger partial charge in [0.2, 0.25) is 0 Å². The van der Waals surface area contributed by atoms with Crippen LogP contribution in [-0.4, -0.2) is 80.3 Å². The lowest BCUT2D eigenvalue weighted by Crippen LogP contribution is -2.61. The predicted molar refractivity (Wildman–Crippen MR) is 114 cm³/mol. The Morgan fingerprint density at radius 1 is 0.971 bits per heavy atom. The summed E-state index contributed by atoms with van der Waals surface area (Å²) >= 11 is 0.977. The Morgan fingerprint density at radius 2 is 1.59 bits per heavy atom. The Bertz CT molecular complexity index is 1090. The third-order valence-electron chi connectivity index (χ3n) is 4.47. The van der Waals surface area contributed by atoms with Crippen LogP contribution in [0, 0.1) is 0 Å². The first-order chi connectivity index (χ1) is 16.0. The molecule has 0 aliphatic carbocycles. The molecule has 1 aliphatic heterocycles. The number of fused-ring (bicyclic) bond motifs is 1. The highest BCUT2D eigenvalue weighted by Gasteiger charge is 2.52. The first-order valence-electron chi connectivity index (χ1n) is 9.98. The summed E-state index contributed by atoms with van der Waals surface area (Å²) < 4.78 is 27.2. The highest BCUT2D eigenvalue weighted by atomic mass is 32.2. The van der Waals surface area contributed by atoms with Crippen molar-refractivity contribution >= 4 is 52.6 Å². The Morgan fingerprint density at radius 3 is 2.18 bits per heavy atom. The maximum atomic E-state index is 11.9. The number of H-pyrrole nitrogens is 1. The van der Waals surface area contributed by atoms with E-state index in [1.807, 2.05) is 0 Å². The standard InChI is InChI=1S/C19H23N5O9S/c1-7(25)29-5-11-13(30-8(2)26)14(31-9(3)27)15(32-10(4)28)18(33-11)34-19-23-12-16(20)21-6-22-17(12)24-19/h6,11,13-15,18H,5H2,1-4H3,(H3,20,21,22,23,24)/t11-,13-,14-,15-,18-/m0/s1. The van der Waals surface area contributed by atoms with Crippen molar-refractivity contribution in [2.24, 2.45) is 0 Å². The molecule has 0 radical (unpaired) electrons. The monoisotopic (exact) mass is 497 g/mol. The number of nitrogens with one attached hydrogen (secondary N) is 1. The number of nitrogens with two attached hydrogens (primary N) is 1. The van der Waals surface area contributed by atoms with Crippen molar-refractivity contribution in [3.05, 3.63) is 6.33 Å². The van der Waals surface area contributed by atoms with E-state index in [0.29, 0.717) is 11.2 Å². The molecule has 2 aromatic heterocycles. The number of rotatable bonds is 7. The van der Waals surface area contributed by atoms with Gasteiger partial charge in [-0.05, 0) is 0 Å². The van der Waals surface area contributed by atoms with Gasteiger partial charge in [0.15, 0.2) is 40.4 Å². The van der Waals surface area contributed by atoms with E-state index in [2.05, 4.69) is 19.9 Å². The number of anilines is 1. The maximum absolute atomic E-state index is 11.9. The zero-order valence-electron chi connectivity index (χ0n) is 18.7. The minimum atomic E-state index is -1.27. The van der Waals surface area contributed by atoms with E-state index in [0.717, 1.165) is 32.5 Å². The number of nitrogens with zero attached hydrogens (tertiary/aromatic N) is 3. The van der Waals surface area contributed by atoms with Gasteiger partial charge < -0.3 is 34.4 Å². The molecule has 15 heteroatoms. The van der Waals surface area contributed by atoms with E-state index >= 15 is 0 Å². The molecule has 5 atom stereocenters. The molecular formula is C19H23N5O9S. The van der Waals surface area contributed by atoms with Crippen molar-refractivity contribution in [1.29, 1.82) is 0 Å². The number of thioether (sulfide) groups is 1. The van der Waals surface area contributed by atoms with E-state index in [9.17, 15) is 19.2 Å². The molecule has 0 amide bonds. The van der Waals surface area contributed by atoms with Crippen molar-refractivity contribution in [2.75, 3.05) is 12.3 Å². The molecule has 0 unspecified atom stereocenters. The van der Waals surface area contributed by atoms with E-state index in [1.54, 1.807) is 0 Å². The fraction of sp³-hybridized carbons (Fsp3) is 0.526. The Balaban J connectivity index is 2.00. The van der Waals surface area contributed by atoms with Gasteiger partial charge in [0.1, 0.15) is 24.6 Å². The van der Waals surface area contributed by atoms with Crippen molar-refractivity contribution in [2.45, 2.75) is 62.7 Å². The highest BCUT2D eigenvalue weighted by Crippen LogP contribution is 2.37. The van der Waals surface area contributed by atoms with Gasteiger partial charge in [0.05, 0.1) is 0 Å². The van der Waals surface area contributed by atoms with Gasteiger partial charge in [-0.15, -0.1) is 0 Å². The van der Waals surface area contributed by atoms with E-state index < -0.39 is 53.7 Å². The first-order valence-corrected chi connectivity index (χ1v) is 10.9. The summed E-state index contributed by atoms with van der Waals surface area (Å²) in [5.41, 5.74) is 5.49. The lowest BCUT2D eigenvalue weighted by atomic mass is 9.99. The van der Waals surface area contributed by atoms with Gasteiger partial charge in [-0.1, -0.05) is 11.8 Å². The van der Waals surface area contributed by atoms with Crippen molar-refractivity contribution in [1.82, 2.24) is 19.9 Å². The van der Waals surface area contributed by atoms with E-state index in [1.165, 1.54) is 13.3 Å². The normalized spacial score (nSPS) is 24.3. The van der Waals surface area contributed by atoms with Gasteiger partial charge in [0, 0.05) is 27.7 Å². The summed E-state index contributed by atoms with van der Waals surface area (Å²) in [6, 6.07) is 0. The third-order valence-corrected chi connectivity index (χ3v) is 5.50. The number of imidazole rings is 1. The average molecular weight is 497 g/mol. The second-order valence-corrected chi connectivity index (χ2v) is 8.27. The summed E-state index contributed by atoms with van der Waals surface area (Å²) in [6.45, 7) is 4.33. The zero-order chi connectivity index (χ0) is 25.0. The Hall–Kier alpha value is -3.46. The molecule has 14 nitrogen and oxygen atoms in total. The number of esters is 4. The van der Waals surface area contributed by atoms with Crippen molar-refractivity contribution in [3.8, 4) is 0 Å². The number of aromatic nitrogens is 4. The first kappa shape index (κ1) is 25.2. The summed E-state index contributed by atoms with van der Waals surface area (Å²) in [5, 5.41) is 0.281. The molecule has 184 valence electrons. The quantitative estimate of drug-likeness (QED) is 0.386. The van der Waals surface area contributed by atoms with Crippen LogP contribution in [0.1, 0.15) is 27.7 Å². The fourth-order valence-corrected chi connectivity index (χ4v) is 4.34. The number of carbonyl (C=O) groups excluding carboxylic acids is 4. The molecule has 2 aromatic rings. The van der Waals surface area contributed by atoms with Crippen LogP contribution >= 0.6 is 11.8 Å². The highest BCUT2D eigenvalue weighted by molar-refractivity contribution is 7.99. The minimum absolute atomic E-state index is 0.172. The topological polar surface area (TPSA) is 195 Å². The number of ether oxygens (including phenoxy) is 5. The molecular weight excluding hydrogens is 474 g/mol.